The molecule has 1 aliphatic rings. The average molecular weight is 199 g/mol. The van der Waals surface area contributed by atoms with E-state index in [0.717, 1.165) is 19.1 Å². The first-order chi connectivity index (χ1) is 6.56. The Bertz CT molecular complexity index is 152. The summed E-state index contributed by atoms with van der Waals surface area (Å²) in [6.07, 6.45) is 1.68. The minimum atomic E-state index is 0.467. The van der Waals surface area contributed by atoms with E-state index in [2.05, 4.69) is 39.5 Å². The van der Waals surface area contributed by atoms with Crippen molar-refractivity contribution < 1.29 is 4.74 Å². The van der Waals surface area contributed by atoms with Crippen molar-refractivity contribution in [2.24, 2.45) is 5.92 Å². The lowest BCUT2D eigenvalue weighted by atomic mass is 10.0. The Morgan fingerprint density at radius 2 is 1.93 bits per heavy atom. The van der Waals surface area contributed by atoms with E-state index >= 15 is 0 Å². The normalized spacial score (nSPS) is 29.4. The highest BCUT2D eigenvalue weighted by Crippen LogP contribution is 2.27. The van der Waals surface area contributed by atoms with Crippen molar-refractivity contribution in [2.45, 2.75) is 59.2 Å². The van der Waals surface area contributed by atoms with Gasteiger partial charge in [-0.1, -0.05) is 13.8 Å². The van der Waals surface area contributed by atoms with Crippen molar-refractivity contribution in [3.8, 4) is 0 Å². The molecule has 0 amide bonds. The first-order valence-electron chi connectivity index (χ1n) is 5.93. The minimum absolute atomic E-state index is 0.467. The highest BCUT2D eigenvalue weighted by molar-refractivity contribution is 4.89. The van der Waals surface area contributed by atoms with Crippen LogP contribution in [0.15, 0.2) is 0 Å². The van der Waals surface area contributed by atoms with Crippen LogP contribution in [0, 0.1) is 5.92 Å². The number of likely N-dealkylation sites (tertiary alicyclic amines) is 1. The predicted octanol–water partition coefficient (Wildman–Crippen LogP) is 2.53. The van der Waals surface area contributed by atoms with Crippen LogP contribution in [0.5, 0.6) is 0 Å². The highest BCUT2D eigenvalue weighted by atomic mass is 16.5. The Morgan fingerprint density at radius 1 is 1.29 bits per heavy atom. The van der Waals surface area contributed by atoms with Gasteiger partial charge in [-0.05, 0) is 33.1 Å². The molecule has 0 saturated carbocycles. The summed E-state index contributed by atoms with van der Waals surface area (Å²) in [5.41, 5.74) is 0. The molecule has 1 unspecified atom stereocenters. The summed E-state index contributed by atoms with van der Waals surface area (Å²) in [5.74, 6) is 0.739. The monoisotopic (exact) mass is 199 g/mol. The number of ether oxygens (including phenoxy) is 1. The van der Waals surface area contributed by atoms with Crippen molar-refractivity contribution in [3.63, 3.8) is 0 Å². The van der Waals surface area contributed by atoms with Gasteiger partial charge >= 0.3 is 0 Å². The predicted molar refractivity (Wildman–Crippen MR) is 60.5 cm³/mol. The molecule has 2 atom stereocenters. The van der Waals surface area contributed by atoms with Crippen molar-refractivity contribution in [1.29, 1.82) is 0 Å². The summed E-state index contributed by atoms with van der Waals surface area (Å²) < 4.78 is 5.72. The third kappa shape index (κ3) is 2.71. The Morgan fingerprint density at radius 3 is 2.29 bits per heavy atom. The maximum atomic E-state index is 5.72. The van der Waals surface area contributed by atoms with Crippen LogP contribution in [0.1, 0.15) is 41.0 Å². The molecule has 0 bridgehead atoms. The van der Waals surface area contributed by atoms with Crippen LogP contribution in [0.2, 0.25) is 0 Å². The van der Waals surface area contributed by atoms with Crippen molar-refractivity contribution >= 4 is 0 Å². The lowest BCUT2D eigenvalue weighted by Gasteiger charge is -2.30. The van der Waals surface area contributed by atoms with Crippen LogP contribution < -0.4 is 0 Å². The second kappa shape index (κ2) is 5.13. The van der Waals surface area contributed by atoms with Gasteiger partial charge in [-0.3, -0.25) is 4.90 Å². The molecule has 0 N–H and O–H groups in total. The van der Waals surface area contributed by atoms with E-state index in [1.807, 2.05) is 0 Å². The van der Waals surface area contributed by atoms with Gasteiger partial charge in [-0.15, -0.1) is 0 Å². The van der Waals surface area contributed by atoms with Crippen LogP contribution in [-0.4, -0.2) is 36.2 Å². The van der Waals surface area contributed by atoms with E-state index < -0.39 is 0 Å². The zero-order chi connectivity index (χ0) is 10.7. The third-order valence-electron chi connectivity index (χ3n) is 3.18. The molecule has 1 fully saturated rings. The summed E-state index contributed by atoms with van der Waals surface area (Å²) >= 11 is 0. The van der Waals surface area contributed by atoms with Gasteiger partial charge in [0.05, 0.1) is 6.10 Å². The number of hydrogen-bond acceptors (Lipinski definition) is 2. The highest BCUT2D eigenvalue weighted by Gasteiger charge is 2.35. The van der Waals surface area contributed by atoms with Gasteiger partial charge in [0, 0.05) is 25.2 Å². The van der Waals surface area contributed by atoms with Gasteiger partial charge in [-0.25, -0.2) is 0 Å². The molecular weight excluding hydrogens is 174 g/mol. The summed E-state index contributed by atoms with van der Waals surface area (Å²) in [6.45, 7) is 13.2. The van der Waals surface area contributed by atoms with E-state index in [4.69, 9.17) is 4.74 Å². The summed E-state index contributed by atoms with van der Waals surface area (Å²) in [5, 5.41) is 0. The maximum absolute atomic E-state index is 5.72. The lowest BCUT2D eigenvalue weighted by Crippen LogP contribution is -2.38. The third-order valence-corrected chi connectivity index (χ3v) is 3.18. The fourth-order valence-corrected chi connectivity index (χ4v) is 2.46. The van der Waals surface area contributed by atoms with Gasteiger partial charge in [0.1, 0.15) is 0 Å². The van der Waals surface area contributed by atoms with Gasteiger partial charge in [-0.2, -0.15) is 0 Å². The summed E-state index contributed by atoms with van der Waals surface area (Å²) in [6, 6.07) is 1.36. The van der Waals surface area contributed by atoms with Gasteiger partial charge in [0.2, 0.25) is 0 Å². The SMILES string of the molecule is CCOC1C[C@@H](C(C)C)N(C(C)C)C1. The fraction of sp³-hybridized carbons (Fsp3) is 1.00. The van der Waals surface area contributed by atoms with Crippen LogP contribution in [0.3, 0.4) is 0 Å². The number of hydrogen-bond donors (Lipinski definition) is 0. The first-order valence-corrected chi connectivity index (χ1v) is 5.93. The number of rotatable bonds is 4. The second-order valence-electron chi connectivity index (χ2n) is 4.91. The van der Waals surface area contributed by atoms with E-state index in [-0.39, 0.29) is 0 Å². The first kappa shape index (κ1) is 12.0. The van der Waals surface area contributed by atoms with E-state index in [1.165, 1.54) is 6.42 Å². The van der Waals surface area contributed by atoms with Crippen LogP contribution in [0.4, 0.5) is 0 Å². The van der Waals surface area contributed by atoms with Crippen LogP contribution in [0.25, 0.3) is 0 Å². The molecule has 1 rings (SSSR count). The maximum Gasteiger partial charge on any atom is 0.0717 e. The molecule has 0 aromatic rings. The number of nitrogens with zero attached hydrogens (tertiary/aromatic N) is 1. The molecule has 2 nitrogen and oxygen atoms in total. The zero-order valence-electron chi connectivity index (χ0n) is 10.3. The van der Waals surface area contributed by atoms with E-state index in [9.17, 15) is 0 Å². The molecule has 0 aromatic carbocycles. The van der Waals surface area contributed by atoms with Gasteiger partial charge < -0.3 is 4.74 Å². The Balaban J connectivity index is 2.56. The fourth-order valence-electron chi connectivity index (χ4n) is 2.46. The summed E-state index contributed by atoms with van der Waals surface area (Å²) in [4.78, 5) is 2.59. The van der Waals surface area contributed by atoms with Crippen LogP contribution >= 0.6 is 0 Å². The molecule has 0 radical (unpaired) electrons. The molecular formula is C12H25NO. The molecule has 1 aliphatic heterocycles. The molecule has 0 aromatic heterocycles. The van der Waals surface area contributed by atoms with Crippen molar-refractivity contribution in [3.05, 3.63) is 0 Å². The van der Waals surface area contributed by atoms with E-state index in [0.29, 0.717) is 18.2 Å². The van der Waals surface area contributed by atoms with Crippen LogP contribution in [-0.2, 0) is 4.74 Å². The van der Waals surface area contributed by atoms with E-state index in [1.54, 1.807) is 0 Å². The minimum Gasteiger partial charge on any atom is -0.377 e. The Hall–Kier alpha value is -0.0800. The Kier molecular flexibility index (Phi) is 4.39. The molecule has 84 valence electrons. The molecule has 2 heteroatoms. The van der Waals surface area contributed by atoms with Gasteiger partial charge in [0.25, 0.3) is 0 Å². The van der Waals surface area contributed by atoms with Crippen molar-refractivity contribution in [2.75, 3.05) is 13.2 Å². The average Bonchev–Trinajstić information content (AvgIpc) is 2.49. The summed E-state index contributed by atoms with van der Waals surface area (Å²) in [7, 11) is 0. The topological polar surface area (TPSA) is 12.5 Å². The Labute approximate surface area is 88.6 Å². The molecule has 1 heterocycles. The standard InChI is InChI=1S/C12H25NO/c1-6-14-11-7-12(9(2)3)13(8-11)10(4)5/h9-12H,6-8H2,1-5H3/t11?,12-/m0/s1. The second-order valence-corrected chi connectivity index (χ2v) is 4.91. The molecule has 0 spiro atoms. The molecule has 14 heavy (non-hydrogen) atoms. The van der Waals surface area contributed by atoms with Crippen molar-refractivity contribution in [1.82, 2.24) is 4.90 Å². The zero-order valence-corrected chi connectivity index (χ0v) is 10.3. The largest absolute Gasteiger partial charge is 0.377 e. The molecule has 1 saturated heterocycles. The quantitative estimate of drug-likeness (QED) is 0.690. The van der Waals surface area contributed by atoms with Gasteiger partial charge in [0.15, 0.2) is 0 Å². The lowest BCUT2D eigenvalue weighted by molar-refractivity contribution is 0.0659. The molecule has 0 aliphatic carbocycles. The smallest absolute Gasteiger partial charge is 0.0717 e.